The summed E-state index contributed by atoms with van der Waals surface area (Å²) in [7, 11) is 0. The maximum absolute atomic E-state index is 5.68. The number of nitrogens with zero attached hydrogens (tertiary/aromatic N) is 2. The monoisotopic (exact) mass is 208 g/mol. The topological polar surface area (TPSA) is 63.8 Å². The van der Waals surface area contributed by atoms with Gasteiger partial charge in [-0.2, -0.15) is 0 Å². The van der Waals surface area contributed by atoms with Crippen molar-refractivity contribution in [1.82, 2.24) is 9.97 Å². The predicted molar refractivity (Wildman–Crippen MR) is 62.9 cm³/mol. The van der Waals surface area contributed by atoms with E-state index in [2.05, 4.69) is 22.2 Å². The van der Waals surface area contributed by atoms with Crippen molar-refractivity contribution in [2.45, 2.75) is 39.7 Å². The molecule has 0 fully saturated rings. The van der Waals surface area contributed by atoms with Crippen LogP contribution in [0, 0.1) is 13.8 Å². The highest BCUT2D eigenvalue weighted by Gasteiger charge is 2.06. The number of nitrogens with two attached hydrogens (primary N) is 1. The Labute approximate surface area is 91.3 Å². The van der Waals surface area contributed by atoms with Gasteiger partial charge in [0.15, 0.2) is 0 Å². The lowest BCUT2D eigenvalue weighted by molar-refractivity contribution is 0.645. The highest BCUT2D eigenvalue weighted by molar-refractivity contribution is 5.36. The van der Waals surface area contributed by atoms with Gasteiger partial charge in [-0.1, -0.05) is 13.3 Å². The maximum atomic E-state index is 5.68. The van der Waals surface area contributed by atoms with Crippen molar-refractivity contribution in [3.63, 3.8) is 0 Å². The van der Waals surface area contributed by atoms with E-state index in [0.29, 0.717) is 12.6 Å². The summed E-state index contributed by atoms with van der Waals surface area (Å²) in [6, 6.07) is 2.26. The molecule has 0 aromatic carbocycles. The van der Waals surface area contributed by atoms with Gasteiger partial charge in [0.2, 0.25) is 0 Å². The minimum atomic E-state index is 0.309. The summed E-state index contributed by atoms with van der Waals surface area (Å²) in [5.41, 5.74) is 6.66. The van der Waals surface area contributed by atoms with Crippen molar-refractivity contribution in [3.8, 4) is 0 Å². The van der Waals surface area contributed by atoms with Gasteiger partial charge in [0.25, 0.3) is 0 Å². The second kappa shape index (κ2) is 5.66. The molecule has 1 unspecified atom stereocenters. The zero-order chi connectivity index (χ0) is 11.3. The fourth-order valence-corrected chi connectivity index (χ4v) is 1.60. The maximum Gasteiger partial charge on any atom is 0.130 e. The van der Waals surface area contributed by atoms with Crippen LogP contribution in [0.15, 0.2) is 6.07 Å². The van der Waals surface area contributed by atoms with Crippen LogP contribution < -0.4 is 11.1 Å². The second-order valence-electron chi connectivity index (χ2n) is 3.81. The molecule has 0 spiro atoms. The summed E-state index contributed by atoms with van der Waals surface area (Å²) in [6.45, 7) is 6.66. The van der Waals surface area contributed by atoms with E-state index in [-0.39, 0.29) is 0 Å². The Morgan fingerprint density at radius 1 is 1.40 bits per heavy atom. The molecule has 0 saturated carbocycles. The summed E-state index contributed by atoms with van der Waals surface area (Å²) in [6.07, 6.45) is 2.19. The second-order valence-corrected chi connectivity index (χ2v) is 3.81. The molecular formula is C11H20N4. The molecule has 0 bridgehead atoms. The largest absolute Gasteiger partial charge is 0.366 e. The molecule has 15 heavy (non-hydrogen) atoms. The standard InChI is InChI=1S/C11H20N4/c1-4-5-10(7-12)15-11-6-8(2)13-9(3)14-11/h6,10H,4-5,7,12H2,1-3H3,(H,13,14,15). The zero-order valence-electron chi connectivity index (χ0n) is 9.75. The Bertz CT molecular complexity index is 291. The first-order chi connectivity index (χ1) is 7.15. The number of nitrogens with one attached hydrogen (secondary N) is 1. The van der Waals surface area contributed by atoms with E-state index < -0.39 is 0 Å². The van der Waals surface area contributed by atoms with Crippen LogP contribution in [0.5, 0.6) is 0 Å². The molecule has 0 aliphatic heterocycles. The van der Waals surface area contributed by atoms with Crippen molar-refractivity contribution in [1.29, 1.82) is 0 Å². The van der Waals surface area contributed by atoms with Crippen molar-refractivity contribution in [3.05, 3.63) is 17.6 Å². The van der Waals surface area contributed by atoms with Crippen LogP contribution in [0.2, 0.25) is 0 Å². The zero-order valence-corrected chi connectivity index (χ0v) is 9.75. The van der Waals surface area contributed by atoms with Crippen LogP contribution in [0.1, 0.15) is 31.3 Å². The number of aryl methyl sites for hydroxylation is 2. The van der Waals surface area contributed by atoms with Crippen LogP contribution in [0.4, 0.5) is 5.82 Å². The van der Waals surface area contributed by atoms with Crippen molar-refractivity contribution in [2.75, 3.05) is 11.9 Å². The number of hydrogen-bond acceptors (Lipinski definition) is 4. The van der Waals surface area contributed by atoms with Gasteiger partial charge in [-0.3, -0.25) is 0 Å². The lowest BCUT2D eigenvalue weighted by Crippen LogP contribution is -2.29. The molecule has 0 saturated heterocycles. The van der Waals surface area contributed by atoms with Gasteiger partial charge < -0.3 is 11.1 Å². The third-order valence-corrected chi connectivity index (χ3v) is 2.24. The first-order valence-electron chi connectivity index (χ1n) is 5.44. The van der Waals surface area contributed by atoms with E-state index in [0.717, 1.165) is 30.2 Å². The van der Waals surface area contributed by atoms with Crippen molar-refractivity contribution < 1.29 is 0 Å². The minimum Gasteiger partial charge on any atom is -0.366 e. The van der Waals surface area contributed by atoms with E-state index >= 15 is 0 Å². The highest BCUT2D eigenvalue weighted by Crippen LogP contribution is 2.09. The summed E-state index contributed by atoms with van der Waals surface area (Å²) in [5, 5.41) is 3.34. The summed E-state index contributed by atoms with van der Waals surface area (Å²) >= 11 is 0. The Hall–Kier alpha value is -1.16. The lowest BCUT2D eigenvalue weighted by Gasteiger charge is -2.16. The van der Waals surface area contributed by atoms with E-state index in [9.17, 15) is 0 Å². The summed E-state index contributed by atoms with van der Waals surface area (Å²) in [4.78, 5) is 8.56. The van der Waals surface area contributed by atoms with Crippen LogP contribution in [-0.4, -0.2) is 22.6 Å². The van der Waals surface area contributed by atoms with Crippen LogP contribution in [0.25, 0.3) is 0 Å². The van der Waals surface area contributed by atoms with Crippen molar-refractivity contribution >= 4 is 5.82 Å². The quantitative estimate of drug-likeness (QED) is 0.772. The number of anilines is 1. The van der Waals surface area contributed by atoms with Gasteiger partial charge in [0.1, 0.15) is 11.6 Å². The molecule has 4 heteroatoms. The molecule has 1 aromatic rings. The molecule has 0 radical (unpaired) electrons. The normalized spacial score (nSPS) is 12.5. The summed E-state index contributed by atoms with van der Waals surface area (Å²) in [5.74, 6) is 1.67. The first kappa shape index (κ1) is 11.9. The van der Waals surface area contributed by atoms with E-state index in [4.69, 9.17) is 5.73 Å². The Balaban J connectivity index is 2.69. The molecule has 1 rings (SSSR count). The molecule has 1 aromatic heterocycles. The Kier molecular flexibility index (Phi) is 4.49. The molecule has 0 amide bonds. The van der Waals surface area contributed by atoms with Gasteiger partial charge >= 0.3 is 0 Å². The van der Waals surface area contributed by atoms with Gasteiger partial charge in [0, 0.05) is 24.3 Å². The third-order valence-electron chi connectivity index (χ3n) is 2.24. The Morgan fingerprint density at radius 3 is 2.67 bits per heavy atom. The third kappa shape index (κ3) is 3.83. The van der Waals surface area contributed by atoms with Gasteiger partial charge in [0.05, 0.1) is 0 Å². The molecule has 0 aliphatic carbocycles. The van der Waals surface area contributed by atoms with Crippen LogP contribution >= 0.6 is 0 Å². The van der Waals surface area contributed by atoms with Gasteiger partial charge in [-0.25, -0.2) is 9.97 Å². The molecule has 1 atom stereocenters. The van der Waals surface area contributed by atoms with E-state index in [1.54, 1.807) is 0 Å². The molecule has 4 nitrogen and oxygen atoms in total. The van der Waals surface area contributed by atoms with E-state index in [1.807, 2.05) is 19.9 Å². The fourth-order valence-electron chi connectivity index (χ4n) is 1.60. The number of rotatable bonds is 5. The average Bonchev–Trinajstić information content (AvgIpc) is 2.15. The molecular weight excluding hydrogens is 188 g/mol. The summed E-state index contributed by atoms with van der Waals surface area (Å²) < 4.78 is 0. The average molecular weight is 208 g/mol. The fraction of sp³-hybridized carbons (Fsp3) is 0.636. The molecule has 0 aliphatic rings. The van der Waals surface area contributed by atoms with Crippen LogP contribution in [0.3, 0.4) is 0 Å². The Morgan fingerprint density at radius 2 is 2.13 bits per heavy atom. The minimum absolute atomic E-state index is 0.309. The van der Waals surface area contributed by atoms with Gasteiger partial charge in [-0.05, 0) is 20.3 Å². The first-order valence-corrected chi connectivity index (χ1v) is 5.44. The highest BCUT2D eigenvalue weighted by atomic mass is 15.1. The number of aromatic nitrogens is 2. The predicted octanol–water partition coefficient (Wildman–Crippen LogP) is 1.63. The molecule has 84 valence electrons. The molecule has 3 N–H and O–H groups in total. The number of hydrogen-bond donors (Lipinski definition) is 2. The van der Waals surface area contributed by atoms with E-state index in [1.165, 1.54) is 0 Å². The van der Waals surface area contributed by atoms with Crippen molar-refractivity contribution in [2.24, 2.45) is 5.73 Å². The smallest absolute Gasteiger partial charge is 0.130 e. The SMILES string of the molecule is CCCC(CN)Nc1cc(C)nc(C)n1. The van der Waals surface area contributed by atoms with Gasteiger partial charge in [-0.15, -0.1) is 0 Å². The lowest BCUT2D eigenvalue weighted by atomic mass is 10.1. The van der Waals surface area contributed by atoms with Crippen LogP contribution in [-0.2, 0) is 0 Å². The molecule has 1 heterocycles.